The SMILES string of the molecule is CCOC(=O)C1CNCC12CC(N1CCC(c3cc[nH]c(=O)c3)CC1)C2. The van der Waals surface area contributed by atoms with E-state index >= 15 is 0 Å². The lowest BCUT2D eigenvalue weighted by atomic mass is 9.59. The van der Waals surface area contributed by atoms with Gasteiger partial charge in [-0.2, -0.15) is 0 Å². The van der Waals surface area contributed by atoms with E-state index < -0.39 is 0 Å². The second kappa shape index (κ2) is 7.16. The number of pyridine rings is 1. The van der Waals surface area contributed by atoms with Crippen molar-refractivity contribution in [3.63, 3.8) is 0 Å². The van der Waals surface area contributed by atoms with Gasteiger partial charge in [0.25, 0.3) is 0 Å². The molecule has 1 aromatic rings. The normalized spacial score (nSPS) is 32.5. The summed E-state index contributed by atoms with van der Waals surface area (Å²) in [5, 5.41) is 3.41. The third-order valence-corrected chi connectivity index (χ3v) is 6.74. The molecular weight excluding hydrogens is 330 g/mol. The molecule has 6 heteroatoms. The highest BCUT2D eigenvalue weighted by Gasteiger charge is 2.56. The number of hydrogen-bond acceptors (Lipinski definition) is 5. The average molecular weight is 359 g/mol. The summed E-state index contributed by atoms with van der Waals surface area (Å²) < 4.78 is 5.29. The predicted molar refractivity (Wildman–Crippen MR) is 99.1 cm³/mol. The van der Waals surface area contributed by atoms with Crippen LogP contribution in [0.2, 0.25) is 0 Å². The zero-order chi connectivity index (χ0) is 18.1. The van der Waals surface area contributed by atoms with Crippen molar-refractivity contribution in [2.75, 3.05) is 32.8 Å². The molecule has 26 heavy (non-hydrogen) atoms. The summed E-state index contributed by atoms with van der Waals surface area (Å²) in [6.07, 6.45) is 6.15. The molecule has 1 unspecified atom stereocenters. The predicted octanol–water partition coefficient (Wildman–Crippen LogP) is 1.49. The lowest BCUT2D eigenvalue weighted by Gasteiger charge is -2.53. The van der Waals surface area contributed by atoms with E-state index in [1.54, 1.807) is 12.3 Å². The molecule has 3 aliphatic rings. The van der Waals surface area contributed by atoms with E-state index in [0.717, 1.165) is 51.9 Å². The molecule has 2 saturated heterocycles. The molecule has 0 aromatic carbocycles. The summed E-state index contributed by atoms with van der Waals surface area (Å²) >= 11 is 0. The van der Waals surface area contributed by atoms with Gasteiger partial charge >= 0.3 is 5.97 Å². The van der Waals surface area contributed by atoms with Crippen molar-refractivity contribution in [2.24, 2.45) is 11.3 Å². The zero-order valence-electron chi connectivity index (χ0n) is 15.5. The highest BCUT2D eigenvalue weighted by molar-refractivity contribution is 5.74. The van der Waals surface area contributed by atoms with Gasteiger partial charge in [-0.25, -0.2) is 0 Å². The van der Waals surface area contributed by atoms with E-state index in [0.29, 0.717) is 18.6 Å². The Balaban J connectivity index is 1.32. The fourth-order valence-corrected chi connectivity index (χ4v) is 5.26. The number of carbonyl (C=O) groups is 1. The number of piperidine rings is 1. The Hall–Kier alpha value is -1.66. The maximum atomic E-state index is 12.3. The molecular formula is C20H29N3O3. The van der Waals surface area contributed by atoms with Crippen LogP contribution in [0.3, 0.4) is 0 Å². The van der Waals surface area contributed by atoms with Crippen LogP contribution in [0, 0.1) is 11.3 Å². The van der Waals surface area contributed by atoms with Gasteiger partial charge in [0, 0.05) is 36.8 Å². The summed E-state index contributed by atoms with van der Waals surface area (Å²) in [5.74, 6) is 0.485. The van der Waals surface area contributed by atoms with Gasteiger partial charge < -0.3 is 19.9 Å². The van der Waals surface area contributed by atoms with Crippen molar-refractivity contribution in [3.8, 4) is 0 Å². The maximum absolute atomic E-state index is 12.3. The number of aromatic amines is 1. The van der Waals surface area contributed by atoms with Crippen LogP contribution in [0.5, 0.6) is 0 Å². The molecule has 6 nitrogen and oxygen atoms in total. The van der Waals surface area contributed by atoms with Gasteiger partial charge in [0.1, 0.15) is 0 Å². The van der Waals surface area contributed by atoms with Gasteiger partial charge in [0.2, 0.25) is 5.56 Å². The van der Waals surface area contributed by atoms with Gasteiger partial charge in [0.05, 0.1) is 12.5 Å². The fourth-order valence-electron chi connectivity index (χ4n) is 5.26. The van der Waals surface area contributed by atoms with Crippen molar-refractivity contribution in [3.05, 3.63) is 34.2 Å². The summed E-state index contributed by atoms with van der Waals surface area (Å²) in [6.45, 7) is 6.20. The van der Waals surface area contributed by atoms with Crippen LogP contribution >= 0.6 is 0 Å². The van der Waals surface area contributed by atoms with E-state index in [-0.39, 0.29) is 22.9 Å². The number of nitrogens with zero attached hydrogens (tertiary/aromatic N) is 1. The third-order valence-electron chi connectivity index (χ3n) is 6.74. The number of aromatic nitrogens is 1. The van der Waals surface area contributed by atoms with E-state index in [4.69, 9.17) is 4.74 Å². The van der Waals surface area contributed by atoms with Crippen molar-refractivity contribution >= 4 is 5.97 Å². The van der Waals surface area contributed by atoms with E-state index in [1.165, 1.54) is 5.56 Å². The molecule has 1 saturated carbocycles. The summed E-state index contributed by atoms with van der Waals surface area (Å²) in [5.41, 5.74) is 1.27. The van der Waals surface area contributed by atoms with Crippen LogP contribution in [0.4, 0.5) is 0 Å². The van der Waals surface area contributed by atoms with E-state index in [9.17, 15) is 9.59 Å². The summed E-state index contributed by atoms with van der Waals surface area (Å²) in [7, 11) is 0. The molecule has 1 atom stereocenters. The number of esters is 1. The Morgan fingerprint density at radius 1 is 1.35 bits per heavy atom. The second-order valence-corrected chi connectivity index (χ2v) is 8.16. The van der Waals surface area contributed by atoms with Gasteiger partial charge in [-0.3, -0.25) is 9.59 Å². The molecule has 142 valence electrons. The summed E-state index contributed by atoms with van der Waals surface area (Å²) in [6, 6.07) is 4.37. The quantitative estimate of drug-likeness (QED) is 0.797. The Kier molecular flexibility index (Phi) is 4.88. The van der Waals surface area contributed by atoms with Crippen LogP contribution in [-0.4, -0.2) is 54.7 Å². The molecule has 1 aromatic heterocycles. The van der Waals surface area contributed by atoms with Crippen LogP contribution in [0.25, 0.3) is 0 Å². The van der Waals surface area contributed by atoms with Gasteiger partial charge in [-0.1, -0.05) is 0 Å². The smallest absolute Gasteiger partial charge is 0.310 e. The van der Waals surface area contributed by atoms with Gasteiger partial charge in [0.15, 0.2) is 0 Å². The minimum atomic E-state index is -0.0241. The van der Waals surface area contributed by atoms with Crippen LogP contribution < -0.4 is 10.9 Å². The van der Waals surface area contributed by atoms with Crippen LogP contribution in [0.15, 0.2) is 23.1 Å². The summed E-state index contributed by atoms with van der Waals surface area (Å²) in [4.78, 5) is 29.1. The first-order valence-corrected chi connectivity index (χ1v) is 9.91. The molecule has 2 N–H and O–H groups in total. The van der Waals surface area contributed by atoms with Crippen molar-refractivity contribution < 1.29 is 9.53 Å². The maximum Gasteiger partial charge on any atom is 0.310 e. The molecule has 1 aliphatic carbocycles. The van der Waals surface area contributed by atoms with Crippen molar-refractivity contribution in [1.82, 2.24) is 15.2 Å². The first kappa shape index (κ1) is 17.7. The minimum Gasteiger partial charge on any atom is -0.466 e. The molecule has 2 aliphatic heterocycles. The van der Waals surface area contributed by atoms with Crippen molar-refractivity contribution in [1.29, 1.82) is 0 Å². The largest absolute Gasteiger partial charge is 0.466 e. The number of likely N-dealkylation sites (tertiary alicyclic amines) is 1. The number of rotatable bonds is 4. The average Bonchev–Trinajstić information content (AvgIpc) is 3.06. The Bertz CT molecular complexity index is 702. The monoisotopic (exact) mass is 359 g/mol. The third kappa shape index (κ3) is 3.21. The minimum absolute atomic E-state index is 0.00963. The molecule has 0 radical (unpaired) electrons. The highest BCUT2D eigenvalue weighted by Crippen LogP contribution is 2.52. The molecule has 3 heterocycles. The second-order valence-electron chi connectivity index (χ2n) is 8.16. The Morgan fingerprint density at radius 2 is 2.12 bits per heavy atom. The molecule has 3 fully saturated rings. The number of hydrogen-bond donors (Lipinski definition) is 2. The Labute approximate surface area is 154 Å². The number of carbonyl (C=O) groups excluding carboxylic acids is 1. The number of nitrogens with one attached hydrogen (secondary N) is 2. The zero-order valence-corrected chi connectivity index (χ0v) is 15.5. The molecule has 0 amide bonds. The topological polar surface area (TPSA) is 74.4 Å². The number of H-pyrrole nitrogens is 1. The van der Waals surface area contributed by atoms with E-state index in [2.05, 4.69) is 15.2 Å². The molecule has 1 spiro atoms. The lowest BCUT2D eigenvalue weighted by Crippen LogP contribution is -2.57. The molecule has 4 rings (SSSR count). The van der Waals surface area contributed by atoms with Crippen LogP contribution in [-0.2, 0) is 9.53 Å². The standard InChI is InChI=1S/C20H29N3O3/c1-2-26-19(25)17-12-21-13-20(17)10-16(11-20)23-7-4-14(5-8-23)15-3-6-22-18(24)9-15/h3,6,9,14,16-17,21H,2,4-5,7-8,10-13H2,1H3,(H,22,24). The highest BCUT2D eigenvalue weighted by atomic mass is 16.5. The van der Waals surface area contributed by atoms with Crippen LogP contribution in [0.1, 0.15) is 44.1 Å². The Morgan fingerprint density at radius 3 is 2.81 bits per heavy atom. The first-order chi connectivity index (χ1) is 12.6. The molecule has 0 bridgehead atoms. The fraction of sp³-hybridized carbons (Fsp3) is 0.700. The van der Waals surface area contributed by atoms with E-state index in [1.807, 2.05) is 13.0 Å². The number of ether oxygens (including phenoxy) is 1. The van der Waals surface area contributed by atoms with Crippen molar-refractivity contribution in [2.45, 2.75) is 44.6 Å². The van der Waals surface area contributed by atoms with Gasteiger partial charge in [-0.15, -0.1) is 0 Å². The van der Waals surface area contributed by atoms with Gasteiger partial charge in [-0.05, 0) is 63.2 Å². The lowest BCUT2D eigenvalue weighted by molar-refractivity contribution is -0.155. The first-order valence-electron chi connectivity index (χ1n) is 9.91.